The molecule has 0 aromatic heterocycles. The van der Waals surface area contributed by atoms with E-state index < -0.39 is 34.8 Å². The summed E-state index contributed by atoms with van der Waals surface area (Å²) in [5.74, 6) is -6.17. The average Bonchev–Trinajstić information content (AvgIpc) is 2.85. The van der Waals surface area contributed by atoms with Gasteiger partial charge in [-0.2, -0.15) is 0 Å². The fourth-order valence-corrected chi connectivity index (χ4v) is 4.75. The number of hydrogen-bond donors (Lipinski definition) is 3. The van der Waals surface area contributed by atoms with Crippen molar-refractivity contribution in [3.05, 3.63) is 96.1 Å². The van der Waals surface area contributed by atoms with E-state index in [1.54, 1.807) is 48.5 Å². The Kier molecular flexibility index (Phi) is 6.15. The lowest BCUT2D eigenvalue weighted by molar-refractivity contribution is -0.209. The molecular formula is C28H24O7. The Labute approximate surface area is 201 Å². The van der Waals surface area contributed by atoms with Crippen LogP contribution in [0.15, 0.2) is 84.9 Å². The molecule has 0 radical (unpaired) electrons. The minimum atomic E-state index is -3.10. The number of carboxylic acids is 2. The fourth-order valence-electron chi connectivity index (χ4n) is 4.75. The van der Waals surface area contributed by atoms with E-state index in [2.05, 4.69) is 0 Å². The van der Waals surface area contributed by atoms with Gasteiger partial charge >= 0.3 is 11.9 Å². The summed E-state index contributed by atoms with van der Waals surface area (Å²) >= 11 is 0. The molecule has 0 amide bonds. The van der Waals surface area contributed by atoms with Crippen LogP contribution < -0.4 is 0 Å². The van der Waals surface area contributed by atoms with Gasteiger partial charge in [-0.1, -0.05) is 84.9 Å². The van der Waals surface area contributed by atoms with E-state index in [1.807, 2.05) is 36.4 Å². The maximum absolute atomic E-state index is 14.3. The van der Waals surface area contributed by atoms with Crippen molar-refractivity contribution in [3.8, 4) is 0 Å². The molecule has 4 aromatic carbocycles. The van der Waals surface area contributed by atoms with Gasteiger partial charge in [-0.25, -0.2) is 9.59 Å². The standard InChI is InChI=1S/C28H24O7/c1-27(34,25(30)31)28(35-2,26(32)33)24(29)23(21-15-7-11-17-9-3-5-13-19(17)21)22-16-8-12-18-10-4-6-14-20(18)22/h3-16,23,34H,1-2H3,(H,30,31)(H,32,33). The second-order valence-electron chi connectivity index (χ2n) is 8.50. The first-order valence-corrected chi connectivity index (χ1v) is 10.9. The van der Waals surface area contributed by atoms with Crippen LogP contribution in [0.5, 0.6) is 0 Å². The minimum absolute atomic E-state index is 0.466. The van der Waals surface area contributed by atoms with E-state index in [9.17, 15) is 29.7 Å². The first-order chi connectivity index (χ1) is 16.7. The molecule has 0 aliphatic rings. The summed E-state index contributed by atoms with van der Waals surface area (Å²) in [5.41, 5.74) is -5.24. The normalized spacial score (nSPS) is 15.0. The zero-order chi connectivity index (χ0) is 25.4. The molecule has 0 fully saturated rings. The quantitative estimate of drug-likeness (QED) is 0.332. The molecule has 0 saturated heterocycles. The molecule has 7 nitrogen and oxygen atoms in total. The second-order valence-corrected chi connectivity index (χ2v) is 8.50. The summed E-state index contributed by atoms with van der Waals surface area (Å²) in [5, 5.41) is 33.8. The molecule has 0 spiro atoms. The summed E-state index contributed by atoms with van der Waals surface area (Å²) in [6.07, 6.45) is 0. The average molecular weight is 472 g/mol. The highest BCUT2D eigenvalue weighted by molar-refractivity contribution is 6.17. The molecule has 0 saturated carbocycles. The highest BCUT2D eigenvalue weighted by Crippen LogP contribution is 2.41. The van der Waals surface area contributed by atoms with Gasteiger partial charge in [0.1, 0.15) is 0 Å². The number of rotatable bonds is 8. The van der Waals surface area contributed by atoms with Crippen molar-refractivity contribution >= 4 is 39.3 Å². The Bertz CT molecular complexity index is 1370. The maximum Gasteiger partial charge on any atom is 0.347 e. The van der Waals surface area contributed by atoms with Crippen molar-refractivity contribution in [3.63, 3.8) is 0 Å². The molecule has 3 N–H and O–H groups in total. The maximum atomic E-state index is 14.3. The van der Waals surface area contributed by atoms with E-state index in [0.717, 1.165) is 24.8 Å². The number of carbonyl (C=O) groups excluding carboxylic acids is 1. The number of aliphatic hydroxyl groups is 1. The lowest BCUT2D eigenvalue weighted by Gasteiger charge is -2.38. The molecule has 178 valence electrons. The molecule has 0 aliphatic heterocycles. The number of benzene rings is 4. The fraction of sp³-hybridized carbons (Fsp3) is 0.179. The van der Waals surface area contributed by atoms with Gasteiger partial charge < -0.3 is 20.1 Å². The Morgan fingerprint density at radius 3 is 1.54 bits per heavy atom. The van der Waals surface area contributed by atoms with Crippen molar-refractivity contribution in [2.45, 2.75) is 24.0 Å². The molecule has 0 bridgehead atoms. The van der Waals surface area contributed by atoms with Gasteiger partial charge in [-0.05, 0) is 39.6 Å². The van der Waals surface area contributed by atoms with Crippen molar-refractivity contribution in [2.24, 2.45) is 0 Å². The number of carbonyl (C=O) groups is 3. The number of ether oxygens (including phenoxy) is 1. The topological polar surface area (TPSA) is 121 Å². The van der Waals surface area contributed by atoms with Crippen LogP contribution in [-0.4, -0.2) is 51.4 Å². The summed E-state index contributed by atoms with van der Waals surface area (Å²) in [4.78, 5) is 38.9. The van der Waals surface area contributed by atoms with Crippen LogP contribution in [0.2, 0.25) is 0 Å². The third kappa shape index (κ3) is 3.65. The highest BCUT2D eigenvalue weighted by atomic mass is 16.5. The molecule has 0 heterocycles. The zero-order valence-corrected chi connectivity index (χ0v) is 19.1. The van der Waals surface area contributed by atoms with Gasteiger partial charge in [0.25, 0.3) is 5.60 Å². The molecule has 35 heavy (non-hydrogen) atoms. The van der Waals surface area contributed by atoms with E-state index in [1.165, 1.54) is 0 Å². The summed E-state index contributed by atoms with van der Waals surface area (Å²) in [7, 11) is 0.909. The van der Waals surface area contributed by atoms with E-state index in [0.29, 0.717) is 21.9 Å². The number of carboxylic acid groups (broad SMARTS) is 2. The summed E-state index contributed by atoms with van der Waals surface area (Å²) < 4.78 is 5.16. The number of hydrogen-bond acceptors (Lipinski definition) is 5. The summed E-state index contributed by atoms with van der Waals surface area (Å²) in [6.45, 7) is 0.758. The Balaban J connectivity index is 2.12. The predicted octanol–water partition coefficient (Wildman–Crippen LogP) is 4.00. The van der Waals surface area contributed by atoms with E-state index >= 15 is 0 Å². The smallest absolute Gasteiger partial charge is 0.347 e. The molecule has 7 heteroatoms. The van der Waals surface area contributed by atoms with Crippen LogP contribution in [0, 0.1) is 0 Å². The third-order valence-corrected chi connectivity index (χ3v) is 6.59. The van der Waals surface area contributed by atoms with Gasteiger partial charge in [-0.3, -0.25) is 4.79 Å². The monoisotopic (exact) mass is 472 g/mol. The summed E-state index contributed by atoms with van der Waals surface area (Å²) in [6, 6.07) is 25.2. The number of fused-ring (bicyclic) bond motifs is 2. The lowest BCUT2D eigenvalue weighted by atomic mass is 9.71. The first kappa shape index (κ1) is 24.1. The number of aliphatic carboxylic acids is 2. The zero-order valence-electron chi connectivity index (χ0n) is 19.1. The Morgan fingerprint density at radius 2 is 1.14 bits per heavy atom. The minimum Gasteiger partial charge on any atom is -0.479 e. The van der Waals surface area contributed by atoms with Crippen LogP contribution in [-0.2, 0) is 19.1 Å². The Hall–Kier alpha value is -4.07. The molecule has 2 atom stereocenters. The third-order valence-electron chi connectivity index (χ3n) is 6.59. The molecule has 0 aliphatic carbocycles. The van der Waals surface area contributed by atoms with Crippen molar-refractivity contribution in [1.82, 2.24) is 0 Å². The Morgan fingerprint density at radius 1 is 0.714 bits per heavy atom. The number of ketones is 1. The van der Waals surface area contributed by atoms with Gasteiger partial charge in [0.15, 0.2) is 5.78 Å². The van der Waals surface area contributed by atoms with E-state index in [-0.39, 0.29) is 0 Å². The van der Waals surface area contributed by atoms with Gasteiger partial charge in [-0.15, -0.1) is 0 Å². The van der Waals surface area contributed by atoms with Crippen LogP contribution in [0.25, 0.3) is 21.5 Å². The van der Waals surface area contributed by atoms with Gasteiger partial charge in [0.2, 0.25) is 5.60 Å². The van der Waals surface area contributed by atoms with Crippen LogP contribution in [0.4, 0.5) is 0 Å². The van der Waals surface area contributed by atoms with E-state index in [4.69, 9.17) is 4.74 Å². The number of methoxy groups -OCH3 is 1. The van der Waals surface area contributed by atoms with Crippen molar-refractivity contribution in [2.75, 3.05) is 7.11 Å². The number of Topliss-reactive ketones (excluding diaryl/α,β-unsaturated/α-hetero) is 1. The highest BCUT2D eigenvalue weighted by Gasteiger charge is 2.66. The largest absolute Gasteiger partial charge is 0.479 e. The van der Waals surface area contributed by atoms with Gasteiger partial charge in [0, 0.05) is 7.11 Å². The SMILES string of the molecule is COC(C(=O)O)(C(=O)C(c1cccc2ccccc12)c1cccc2ccccc12)C(C)(O)C(=O)O. The lowest BCUT2D eigenvalue weighted by Crippen LogP contribution is -2.68. The van der Waals surface area contributed by atoms with Crippen LogP contribution >= 0.6 is 0 Å². The second kappa shape index (κ2) is 8.94. The molecule has 2 unspecified atom stereocenters. The van der Waals surface area contributed by atoms with Crippen LogP contribution in [0.3, 0.4) is 0 Å². The predicted molar refractivity (Wildman–Crippen MR) is 130 cm³/mol. The molecular weight excluding hydrogens is 448 g/mol. The van der Waals surface area contributed by atoms with Gasteiger partial charge in [0.05, 0.1) is 5.92 Å². The van der Waals surface area contributed by atoms with Crippen molar-refractivity contribution in [1.29, 1.82) is 0 Å². The van der Waals surface area contributed by atoms with Crippen molar-refractivity contribution < 1.29 is 34.4 Å². The first-order valence-electron chi connectivity index (χ1n) is 10.9. The molecule has 4 rings (SSSR count). The van der Waals surface area contributed by atoms with Crippen LogP contribution in [0.1, 0.15) is 24.0 Å². The molecule has 4 aromatic rings.